The fraction of sp³-hybridized carbons (Fsp3) is 0.912. The molecule has 9 atom stereocenters. The molecule has 0 heterocycles. The Hall–Kier alpha value is -1.03. The smallest absolute Gasteiger partial charge is 0.404 e. The van der Waals surface area contributed by atoms with Gasteiger partial charge in [0.15, 0.2) is 0 Å². The third-order valence-electron chi connectivity index (χ3n) is 12.4. The number of aliphatic hydroxyl groups is 1. The number of nitrogens with one attached hydrogen (secondary N) is 1. The van der Waals surface area contributed by atoms with Crippen LogP contribution in [0, 0.1) is 52.3 Å². The number of rotatable bonds is 12. The largest absolute Gasteiger partial charge is 0.465 e. The van der Waals surface area contributed by atoms with Crippen molar-refractivity contribution in [3.8, 4) is 0 Å². The van der Waals surface area contributed by atoms with Gasteiger partial charge >= 0.3 is 6.09 Å². The van der Waals surface area contributed by atoms with Crippen molar-refractivity contribution in [1.82, 2.24) is 5.32 Å². The average molecular weight is 530 g/mol. The first-order valence-electron chi connectivity index (χ1n) is 16.4. The highest BCUT2D eigenvalue weighted by atomic mass is 16.4. The SMILES string of the molecule is CC(C)CCC[C@@H](C)[C@H]1CCC2C3CC=C4CC(CCC(CCCO)NC(=O)O)CC[C@]4(C)C3CC[C@@]21C. The molecule has 1 amide bonds. The van der Waals surface area contributed by atoms with E-state index in [4.69, 9.17) is 0 Å². The standard InChI is InChI=1S/C34H59NO3/c1-23(2)8-6-9-24(3)29-15-16-30-28-14-12-26-22-25(11-13-27(10-7-21-36)35-32(37)38)17-19-33(26,4)31(28)18-20-34(29,30)5/h12,23-25,27-31,35-36H,6-11,13-22H2,1-5H3,(H,37,38)/t24-,25?,27?,28?,29-,30?,31?,33+,34-/m1/s1. The van der Waals surface area contributed by atoms with Gasteiger partial charge in [-0.1, -0.05) is 65.5 Å². The quantitative estimate of drug-likeness (QED) is 0.221. The second-order valence-electron chi connectivity index (χ2n) is 15.0. The van der Waals surface area contributed by atoms with Crippen molar-refractivity contribution in [2.24, 2.45) is 52.3 Å². The van der Waals surface area contributed by atoms with Crippen molar-refractivity contribution in [2.45, 2.75) is 137 Å². The van der Waals surface area contributed by atoms with Crippen molar-refractivity contribution in [3.63, 3.8) is 0 Å². The second-order valence-corrected chi connectivity index (χ2v) is 15.0. The minimum Gasteiger partial charge on any atom is -0.465 e. The summed E-state index contributed by atoms with van der Waals surface area (Å²) < 4.78 is 0. The van der Waals surface area contributed by atoms with Gasteiger partial charge in [-0.15, -0.1) is 0 Å². The van der Waals surface area contributed by atoms with E-state index >= 15 is 0 Å². The lowest BCUT2D eigenvalue weighted by Crippen LogP contribution is -2.50. The van der Waals surface area contributed by atoms with Crippen LogP contribution in [0.4, 0.5) is 4.79 Å². The van der Waals surface area contributed by atoms with E-state index in [0.29, 0.717) is 23.2 Å². The summed E-state index contributed by atoms with van der Waals surface area (Å²) in [4.78, 5) is 11.2. The van der Waals surface area contributed by atoms with Crippen LogP contribution >= 0.6 is 0 Å². The maximum atomic E-state index is 11.2. The predicted molar refractivity (Wildman–Crippen MR) is 157 cm³/mol. The number of carboxylic acid groups (broad SMARTS) is 1. The maximum absolute atomic E-state index is 11.2. The van der Waals surface area contributed by atoms with Crippen LogP contribution in [0.5, 0.6) is 0 Å². The molecule has 38 heavy (non-hydrogen) atoms. The summed E-state index contributed by atoms with van der Waals surface area (Å²) in [7, 11) is 0. The summed E-state index contributed by atoms with van der Waals surface area (Å²) in [5.41, 5.74) is 2.68. The zero-order chi connectivity index (χ0) is 27.5. The number of carbonyl (C=O) groups is 1. The van der Waals surface area contributed by atoms with Crippen molar-refractivity contribution in [2.75, 3.05) is 6.61 Å². The van der Waals surface area contributed by atoms with E-state index in [2.05, 4.69) is 46.0 Å². The summed E-state index contributed by atoms with van der Waals surface area (Å²) >= 11 is 0. The molecule has 4 heteroatoms. The molecule has 0 spiro atoms. The normalized spacial score (nSPS) is 38.1. The highest BCUT2D eigenvalue weighted by Gasteiger charge is 2.59. The zero-order valence-corrected chi connectivity index (χ0v) is 25.3. The first-order valence-corrected chi connectivity index (χ1v) is 16.4. The van der Waals surface area contributed by atoms with Gasteiger partial charge in [-0.3, -0.25) is 0 Å². The summed E-state index contributed by atoms with van der Waals surface area (Å²) in [6, 6.07) is -0.0308. The minimum atomic E-state index is -0.936. The summed E-state index contributed by atoms with van der Waals surface area (Å²) in [6.07, 6.45) is 20.3. The minimum absolute atomic E-state index is 0.0308. The van der Waals surface area contributed by atoms with E-state index in [1.165, 1.54) is 70.6 Å². The third-order valence-corrected chi connectivity index (χ3v) is 12.4. The fourth-order valence-corrected chi connectivity index (χ4v) is 10.2. The molecule has 0 radical (unpaired) electrons. The van der Waals surface area contributed by atoms with Gasteiger partial charge in [0.25, 0.3) is 0 Å². The molecule has 4 aliphatic carbocycles. The molecule has 218 valence electrons. The maximum Gasteiger partial charge on any atom is 0.404 e. The third kappa shape index (κ3) is 6.31. The summed E-state index contributed by atoms with van der Waals surface area (Å²) in [5, 5.41) is 21.1. The van der Waals surface area contributed by atoms with E-state index < -0.39 is 6.09 Å². The number of aliphatic hydroxyl groups excluding tert-OH is 1. The first-order chi connectivity index (χ1) is 18.1. The summed E-state index contributed by atoms with van der Waals surface area (Å²) in [5.74, 6) is 5.97. The Morgan fingerprint density at radius 2 is 1.79 bits per heavy atom. The Morgan fingerprint density at radius 1 is 1.00 bits per heavy atom. The van der Waals surface area contributed by atoms with Crippen LogP contribution in [0.1, 0.15) is 131 Å². The van der Waals surface area contributed by atoms with Crippen LogP contribution in [-0.4, -0.2) is 29.0 Å². The molecular weight excluding hydrogens is 470 g/mol. The van der Waals surface area contributed by atoms with Crippen LogP contribution in [-0.2, 0) is 0 Å². The highest BCUT2D eigenvalue weighted by Crippen LogP contribution is 2.67. The zero-order valence-electron chi connectivity index (χ0n) is 25.3. The summed E-state index contributed by atoms with van der Waals surface area (Å²) in [6.45, 7) is 12.8. The molecule has 3 fully saturated rings. The number of hydrogen-bond donors (Lipinski definition) is 3. The monoisotopic (exact) mass is 529 g/mol. The Balaban J connectivity index is 1.37. The predicted octanol–water partition coefficient (Wildman–Crippen LogP) is 8.83. The molecule has 0 aromatic carbocycles. The second kappa shape index (κ2) is 12.6. The van der Waals surface area contributed by atoms with Gasteiger partial charge in [-0.25, -0.2) is 4.79 Å². The van der Waals surface area contributed by atoms with Crippen molar-refractivity contribution in [3.05, 3.63) is 11.6 Å². The van der Waals surface area contributed by atoms with Gasteiger partial charge in [0.2, 0.25) is 0 Å². The lowest BCUT2D eigenvalue weighted by atomic mass is 9.46. The first kappa shape index (κ1) is 29.9. The molecule has 0 aliphatic heterocycles. The van der Waals surface area contributed by atoms with Crippen LogP contribution in [0.3, 0.4) is 0 Å². The lowest BCUT2D eigenvalue weighted by Gasteiger charge is -2.58. The lowest BCUT2D eigenvalue weighted by molar-refractivity contribution is -0.0530. The van der Waals surface area contributed by atoms with Crippen LogP contribution in [0.25, 0.3) is 0 Å². The molecule has 5 unspecified atom stereocenters. The number of allylic oxidation sites excluding steroid dienone is 2. The Bertz CT molecular complexity index is 823. The fourth-order valence-electron chi connectivity index (χ4n) is 10.2. The number of fused-ring (bicyclic) bond motifs is 5. The molecule has 0 saturated heterocycles. The van der Waals surface area contributed by atoms with E-state index in [0.717, 1.165) is 54.8 Å². The molecule has 3 saturated carbocycles. The van der Waals surface area contributed by atoms with Crippen molar-refractivity contribution in [1.29, 1.82) is 0 Å². The molecule has 4 aliphatic rings. The molecule has 4 rings (SSSR count). The van der Waals surface area contributed by atoms with Crippen LogP contribution in [0.15, 0.2) is 11.6 Å². The molecule has 0 aromatic heterocycles. The Morgan fingerprint density at radius 3 is 2.50 bits per heavy atom. The van der Waals surface area contributed by atoms with Gasteiger partial charge in [0.1, 0.15) is 0 Å². The topological polar surface area (TPSA) is 69.6 Å². The Labute approximate surface area is 233 Å². The molecule has 0 aromatic rings. The highest BCUT2D eigenvalue weighted by molar-refractivity contribution is 5.64. The van der Waals surface area contributed by atoms with E-state index in [1.54, 1.807) is 5.57 Å². The molecular formula is C34H59NO3. The molecule has 0 bridgehead atoms. The van der Waals surface area contributed by atoms with Crippen LogP contribution in [0.2, 0.25) is 0 Å². The van der Waals surface area contributed by atoms with E-state index in [9.17, 15) is 15.0 Å². The van der Waals surface area contributed by atoms with Gasteiger partial charge in [-0.05, 0) is 129 Å². The van der Waals surface area contributed by atoms with Crippen molar-refractivity contribution < 1.29 is 15.0 Å². The van der Waals surface area contributed by atoms with Gasteiger partial charge in [-0.2, -0.15) is 0 Å². The number of amides is 1. The van der Waals surface area contributed by atoms with Crippen molar-refractivity contribution >= 4 is 6.09 Å². The van der Waals surface area contributed by atoms with E-state index in [1.807, 2.05) is 0 Å². The molecule has 4 nitrogen and oxygen atoms in total. The molecule has 3 N–H and O–H groups in total. The van der Waals surface area contributed by atoms with Gasteiger partial charge in [0.05, 0.1) is 0 Å². The van der Waals surface area contributed by atoms with E-state index in [-0.39, 0.29) is 12.6 Å². The van der Waals surface area contributed by atoms with Crippen LogP contribution < -0.4 is 5.32 Å². The van der Waals surface area contributed by atoms with Gasteiger partial charge in [0, 0.05) is 12.6 Å². The average Bonchev–Trinajstić information content (AvgIpc) is 3.22. The number of hydrogen-bond acceptors (Lipinski definition) is 2. The van der Waals surface area contributed by atoms with Gasteiger partial charge < -0.3 is 15.5 Å². The Kier molecular flexibility index (Phi) is 9.97.